The van der Waals surface area contributed by atoms with E-state index in [1.165, 1.54) is 0 Å². The Balaban J connectivity index is 2.11. The number of amides is 1. The van der Waals surface area contributed by atoms with E-state index in [2.05, 4.69) is 27.9 Å². The number of halogens is 2. The van der Waals surface area contributed by atoms with Gasteiger partial charge in [0.05, 0.1) is 11.6 Å². The van der Waals surface area contributed by atoms with Gasteiger partial charge in [0.1, 0.15) is 0 Å². The summed E-state index contributed by atoms with van der Waals surface area (Å²) in [6.45, 7) is 1.96. The first-order valence-electron chi connectivity index (χ1n) is 5.89. The van der Waals surface area contributed by atoms with Gasteiger partial charge in [0.15, 0.2) is 0 Å². The van der Waals surface area contributed by atoms with Crippen LogP contribution in [0.15, 0.2) is 48.5 Å². The number of carbonyl (C=O) groups excluding carboxylic acids is 1. The van der Waals surface area contributed by atoms with Crippen molar-refractivity contribution in [3.8, 4) is 0 Å². The molecule has 0 aromatic heterocycles. The van der Waals surface area contributed by atoms with Crippen LogP contribution < -0.4 is 5.32 Å². The number of nitrogens with one attached hydrogen (secondary N) is 1. The normalized spacial score (nSPS) is 11.9. The summed E-state index contributed by atoms with van der Waals surface area (Å²) in [5, 5.41) is 3.68. The second kappa shape index (κ2) is 6.39. The summed E-state index contributed by atoms with van der Waals surface area (Å²) in [6, 6.07) is 15.0. The molecule has 0 aliphatic heterocycles. The first-order chi connectivity index (χ1) is 9.08. The fourth-order valence-corrected chi connectivity index (χ4v) is 2.51. The molecule has 0 radical (unpaired) electrons. The van der Waals surface area contributed by atoms with Gasteiger partial charge in [-0.25, -0.2) is 0 Å². The Morgan fingerprint density at radius 3 is 2.42 bits per heavy atom. The van der Waals surface area contributed by atoms with E-state index in [9.17, 15) is 4.79 Å². The van der Waals surface area contributed by atoms with Gasteiger partial charge in [-0.2, -0.15) is 0 Å². The molecule has 19 heavy (non-hydrogen) atoms. The summed E-state index contributed by atoms with van der Waals surface area (Å²) in [6.07, 6.45) is 0. The summed E-state index contributed by atoms with van der Waals surface area (Å²) in [4.78, 5) is 12.2. The molecule has 0 saturated carbocycles. The number of carbonyl (C=O) groups is 1. The average Bonchev–Trinajstić information content (AvgIpc) is 2.39. The Morgan fingerprint density at radius 2 is 1.79 bits per heavy atom. The fraction of sp³-hybridized carbons (Fsp3) is 0.133. The van der Waals surface area contributed by atoms with E-state index in [0.29, 0.717) is 10.6 Å². The molecule has 0 saturated heterocycles. The highest BCUT2D eigenvalue weighted by atomic mass is 127. The quantitative estimate of drug-likeness (QED) is 0.778. The van der Waals surface area contributed by atoms with E-state index in [0.717, 1.165) is 9.13 Å². The zero-order chi connectivity index (χ0) is 13.8. The number of hydrogen-bond acceptors (Lipinski definition) is 1. The minimum absolute atomic E-state index is 0.0548. The van der Waals surface area contributed by atoms with Crippen molar-refractivity contribution >= 4 is 40.1 Å². The standard InChI is InChI=1S/C15H13ClINO/c1-10(11-6-8-12(16)9-7-11)18-15(19)13-4-2-3-5-14(13)17/h2-10H,1H3,(H,18,19)/t10-/m0/s1. The van der Waals surface area contributed by atoms with Crippen LogP contribution in [0.1, 0.15) is 28.9 Å². The highest BCUT2D eigenvalue weighted by molar-refractivity contribution is 14.1. The molecule has 98 valence electrons. The Bertz CT molecular complexity index is 583. The molecule has 0 unspecified atom stereocenters. The predicted octanol–water partition coefficient (Wildman–Crippen LogP) is 4.44. The van der Waals surface area contributed by atoms with Gasteiger partial charge in [0, 0.05) is 8.59 Å². The molecule has 2 rings (SSSR count). The summed E-state index contributed by atoms with van der Waals surface area (Å²) in [7, 11) is 0. The SMILES string of the molecule is C[C@H](NC(=O)c1ccccc1I)c1ccc(Cl)cc1. The molecular formula is C15H13ClINO. The minimum atomic E-state index is -0.0625. The Kier molecular flexibility index (Phi) is 4.82. The van der Waals surface area contributed by atoms with Crippen LogP contribution in [0.3, 0.4) is 0 Å². The van der Waals surface area contributed by atoms with Crippen molar-refractivity contribution in [2.45, 2.75) is 13.0 Å². The van der Waals surface area contributed by atoms with Gasteiger partial charge in [-0.05, 0) is 59.3 Å². The summed E-state index contributed by atoms with van der Waals surface area (Å²) in [5.41, 5.74) is 1.73. The molecule has 1 atom stereocenters. The van der Waals surface area contributed by atoms with Gasteiger partial charge in [0.25, 0.3) is 5.91 Å². The van der Waals surface area contributed by atoms with Crippen molar-refractivity contribution in [1.82, 2.24) is 5.32 Å². The third-order valence-corrected chi connectivity index (χ3v) is 4.03. The van der Waals surface area contributed by atoms with Crippen molar-refractivity contribution in [2.75, 3.05) is 0 Å². The maximum absolute atomic E-state index is 12.2. The zero-order valence-corrected chi connectivity index (χ0v) is 13.3. The van der Waals surface area contributed by atoms with Crippen molar-refractivity contribution < 1.29 is 4.79 Å². The van der Waals surface area contributed by atoms with E-state index in [-0.39, 0.29) is 11.9 Å². The maximum atomic E-state index is 12.2. The molecule has 0 aliphatic rings. The number of rotatable bonds is 3. The molecule has 2 aromatic carbocycles. The fourth-order valence-electron chi connectivity index (χ4n) is 1.75. The lowest BCUT2D eigenvalue weighted by Gasteiger charge is -2.15. The van der Waals surface area contributed by atoms with Gasteiger partial charge in [-0.1, -0.05) is 35.9 Å². The van der Waals surface area contributed by atoms with Gasteiger partial charge >= 0.3 is 0 Å². The van der Waals surface area contributed by atoms with Crippen LogP contribution in [0.4, 0.5) is 0 Å². The van der Waals surface area contributed by atoms with Crippen LogP contribution in [0.25, 0.3) is 0 Å². The second-order valence-corrected chi connectivity index (χ2v) is 5.83. The Morgan fingerprint density at radius 1 is 1.16 bits per heavy atom. The van der Waals surface area contributed by atoms with Crippen LogP contribution >= 0.6 is 34.2 Å². The summed E-state index contributed by atoms with van der Waals surface area (Å²) < 4.78 is 0.945. The molecule has 1 N–H and O–H groups in total. The Hall–Kier alpha value is -1.07. The first-order valence-corrected chi connectivity index (χ1v) is 7.34. The average molecular weight is 386 g/mol. The Labute approximate surface area is 131 Å². The largest absolute Gasteiger partial charge is 0.345 e. The third-order valence-electron chi connectivity index (χ3n) is 2.84. The van der Waals surface area contributed by atoms with Crippen LogP contribution in [0.5, 0.6) is 0 Å². The van der Waals surface area contributed by atoms with Gasteiger partial charge < -0.3 is 5.32 Å². The van der Waals surface area contributed by atoms with Crippen LogP contribution in [0, 0.1) is 3.57 Å². The van der Waals surface area contributed by atoms with E-state index in [1.54, 1.807) is 0 Å². The number of benzene rings is 2. The maximum Gasteiger partial charge on any atom is 0.252 e. The van der Waals surface area contributed by atoms with Crippen molar-refractivity contribution in [3.05, 3.63) is 68.3 Å². The van der Waals surface area contributed by atoms with Crippen LogP contribution in [-0.2, 0) is 0 Å². The van der Waals surface area contributed by atoms with Crippen molar-refractivity contribution in [1.29, 1.82) is 0 Å². The topological polar surface area (TPSA) is 29.1 Å². The molecule has 2 nitrogen and oxygen atoms in total. The number of hydrogen-bond donors (Lipinski definition) is 1. The lowest BCUT2D eigenvalue weighted by atomic mass is 10.1. The van der Waals surface area contributed by atoms with E-state index < -0.39 is 0 Å². The molecule has 0 heterocycles. The molecule has 0 aliphatic carbocycles. The lowest BCUT2D eigenvalue weighted by molar-refractivity contribution is 0.0939. The molecule has 4 heteroatoms. The molecule has 0 spiro atoms. The van der Waals surface area contributed by atoms with Crippen LogP contribution in [0.2, 0.25) is 5.02 Å². The van der Waals surface area contributed by atoms with Gasteiger partial charge in [0.2, 0.25) is 0 Å². The molecule has 2 aromatic rings. The smallest absolute Gasteiger partial charge is 0.252 e. The van der Waals surface area contributed by atoms with Crippen molar-refractivity contribution in [2.24, 2.45) is 0 Å². The molecule has 0 bridgehead atoms. The third kappa shape index (κ3) is 3.70. The summed E-state index contributed by atoms with van der Waals surface area (Å²) in [5.74, 6) is -0.0625. The van der Waals surface area contributed by atoms with Crippen molar-refractivity contribution in [3.63, 3.8) is 0 Å². The lowest BCUT2D eigenvalue weighted by Crippen LogP contribution is -2.27. The first kappa shape index (κ1) is 14.3. The molecule has 0 fully saturated rings. The van der Waals surface area contributed by atoms with E-state index >= 15 is 0 Å². The highest BCUT2D eigenvalue weighted by Crippen LogP contribution is 2.18. The van der Waals surface area contributed by atoms with E-state index in [1.807, 2.05) is 55.5 Å². The highest BCUT2D eigenvalue weighted by Gasteiger charge is 2.13. The second-order valence-electron chi connectivity index (χ2n) is 4.23. The minimum Gasteiger partial charge on any atom is -0.345 e. The predicted molar refractivity (Wildman–Crippen MR) is 86.5 cm³/mol. The monoisotopic (exact) mass is 385 g/mol. The molecular weight excluding hydrogens is 373 g/mol. The van der Waals surface area contributed by atoms with Crippen LogP contribution in [-0.4, -0.2) is 5.91 Å². The van der Waals surface area contributed by atoms with Gasteiger partial charge in [-0.15, -0.1) is 0 Å². The summed E-state index contributed by atoms with van der Waals surface area (Å²) >= 11 is 8.01. The molecule has 1 amide bonds. The zero-order valence-electron chi connectivity index (χ0n) is 10.4. The van der Waals surface area contributed by atoms with Gasteiger partial charge in [-0.3, -0.25) is 4.79 Å². The van der Waals surface area contributed by atoms with E-state index in [4.69, 9.17) is 11.6 Å².